The van der Waals surface area contributed by atoms with Crippen LogP contribution in [-0.2, 0) is 20.0 Å². The molecule has 8 N–H and O–H groups in total. The van der Waals surface area contributed by atoms with Crippen molar-refractivity contribution in [1.29, 1.82) is 0 Å². The number of nitrogens with two attached hydrogens (primary N) is 1. The molecule has 4 rings (SSSR count). The molecular weight excluding hydrogens is 476 g/mol. The van der Waals surface area contributed by atoms with Crippen LogP contribution >= 0.6 is 0 Å². The van der Waals surface area contributed by atoms with Crippen LogP contribution in [0.5, 0.6) is 5.75 Å². The number of benzene rings is 1. The van der Waals surface area contributed by atoms with Gasteiger partial charge in [0.15, 0.2) is 11.4 Å². The van der Waals surface area contributed by atoms with Gasteiger partial charge in [-0.25, -0.2) is 0 Å². The van der Waals surface area contributed by atoms with Gasteiger partial charge in [0, 0.05) is 0 Å². The Hall–Kier alpha value is -1.99. The molecule has 176 valence electrons. The van der Waals surface area contributed by atoms with Crippen LogP contribution in [0, 0.1) is 11.8 Å². The number of ketones is 2. The van der Waals surface area contributed by atoms with E-state index in [9.17, 15) is 45.0 Å². The fraction of sp³-hybridized carbons (Fsp3) is 0.409. The minimum atomic E-state index is -3.02. The number of carbonyl (C=O) groups is 3. The fourth-order valence-corrected chi connectivity index (χ4v) is 5.60. The summed E-state index contributed by atoms with van der Waals surface area (Å²) in [6.07, 6.45) is -1.87. The molecule has 0 aromatic heterocycles. The van der Waals surface area contributed by atoms with Gasteiger partial charge in [0.2, 0.25) is 5.78 Å². The Kier molecular flexibility index (Phi) is 6.50. The summed E-state index contributed by atoms with van der Waals surface area (Å²) in [7, 11) is 2.80. The standard InChI is InChI=1S/C22H24N2O9.Ca/c1-21(32)7-5-4-6-8(25)9(7)15(26)10-12(21)17(28)13-14(24(2)3)16(27)11(20(23)31)19(30)22(13,33)18(10)29;/h4-6,12-14,17,25-26,28,30,32-33H,1-3H3,(H2,23,31);/q;+2/t12-,13-,14+,17+,21-,22+;/m1./s1. The molecule has 6 atom stereocenters. The van der Waals surface area contributed by atoms with Gasteiger partial charge in [-0.15, -0.1) is 0 Å². The predicted molar refractivity (Wildman–Crippen MR) is 117 cm³/mol. The van der Waals surface area contributed by atoms with Crippen molar-refractivity contribution in [3.63, 3.8) is 0 Å². The fourth-order valence-electron chi connectivity index (χ4n) is 5.60. The van der Waals surface area contributed by atoms with Gasteiger partial charge in [0.1, 0.15) is 22.8 Å². The van der Waals surface area contributed by atoms with Gasteiger partial charge < -0.3 is 36.4 Å². The van der Waals surface area contributed by atoms with Gasteiger partial charge in [-0.1, -0.05) is 12.1 Å². The Bertz CT molecular complexity index is 1190. The Labute approximate surface area is 223 Å². The maximum Gasteiger partial charge on any atom is 2.00 e. The number of Topliss-reactive ketones (excluding diaryl/α,β-unsaturated/α-hetero) is 2. The smallest absolute Gasteiger partial charge is 0.508 e. The van der Waals surface area contributed by atoms with Crippen LogP contribution in [0.1, 0.15) is 18.1 Å². The van der Waals surface area contributed by atoms with Gasteiger partial charge >= 0.3 is 37.7 Å². The number of hydrogen-bond acceptors (Lipinski definition) is 10. The number of carbonyl (C=O) groups excluding carboxylic acids is 3. The average Bonchev–Trinajstić information content (AvgIpc) is 2.70. The third-order valence-corrected chi connectivity index (χ3v) is 7.03. The molecule has 3 aliphatic carbocycles. The summed E-state index contributed by atoms with van der Waals surface area (Å²) in [5, 5.41) is 66.3. The Morgan fingerprint density at radius 1 is 1.12 bits per heavy atom. The minimum Gasteiger partial charge on any atom is -0.508 e. The second-order valence-electron chi connectivity index (χ2n) is 9.06. The molecule has 1 aromatic rings. The first kappa shape index (κ1) is 26.6. The van der Waals surface area contributed by atoms with Crippen LogP contribution in [0.3, 0.4) is 0 Å². The summed E-state index contributed by atoms with van der Waals surface area (Å²) < 4.78 is 0. The number of fused-ring (bicyclic) bond motifs is 3. The van der Waals surface area contributed by atoms with E-state index in [1.54, 1.807) is 0 Å². The second kappa shape index (κ2) is 8.30. The molecular formula is C22H24CaN2O9+2. The summed E-state index contributed by atoms with van der Waals surface area (Å²) in [4.78, 5) is 39.9. The van der Waals surface area contributed by atoms with E-state index in [1.165, 1.54) is 44.1 Å². The summed E-state index contributed by atoms with van der Waals surface area (Å²) in [5.41, 5.74) is -1.78. The normalized spacial score (nSPS) is 34.9. The van der Waals surface area contributed by atoms with Crippen LogP contribution < -0.4 is 5.73 Å². The van der Waals surface area contributed by atoms with E-state index >= 15 is 0 Å². The van der Waals surface area contributed by atoms with Crippen molar-refractivity contribution in [1.82, 2.24) is 4.90 Å². The molecule has 12 heteroatoms. The molecule has 0 aliphatic heterocycles. The van der Waals surface area contributed by atoms with Crippen LogP contribution in [-0.4, -0.2) is 123 Å². The number of aliphatic hydroxyl groups excluding tert-OH is 3. The maximum atomic E-state index is 13.7. The number of primary amides is 1. The monoisotopic (exact) mass is 500 g/mol. The Morgan fingerprint density at radius 2 is 1.71 bits per heavy atom. The third-order valence-electron chi connectivity index (χ3n) is 7.03. The minimum absolute atomic E-state index is 0. The molecule has 1 fully saturated rings. The molecule has 0 saturated heterocycles. The van der Waals surface area contributed by atoms with E-state index in [0.29, 0.717) is 0 Å². The van der Waals surface area contributed by atoms with Gasteiger partial charge in [0.05, 0.1) is 40.7 Å². The number of nitrogens with zero attached hydrogens (tertiary/aromatic N) is 1. The van der Waals surface area contributed by atoms with Crippen molar-refractivity contribution in [2.45, 2.75) is 30.3 Å². The number of likely N-dealkylation sites (N-methyl/N-ethyl adjacent to an activating group) is 1. The topological polar surface area (TPSA) is 202 Å². The summed E-state index contributed by atoms with van der Waals surface area (Å²) >= 11 is 0. The first-order valence-corrected chi connectivity index (χ1v) is 10.1. The van der Waals surface area contributed by atoms with Crippen molar-refractivity contribution < 1.29 is 45.0 Å². The number of aliphatic hydroxyl groups is 5. The zero-order valence-electron chi connectivity index (χ0n) is 18.7. The van der Waals surface area contributed by atoms with Crippen LogP contribution in [0.4, 0.5) is 0 Å². The molecule has 3 aliphatic rings. The van der Waals surface area contributed by atoms with E-state index in [4.69, 9.17) is 5.73 Å². The predicted octanol–water partition coefficient (Wildman–Crippen LogP) is -1.78. The van der Waals surface area contributed by atoms with E-state index < -0.39 is 81.1 Å². The van der Waals surface area contributed by atoms with Crippen molar-refractivity contribution in [2.24, 2.45) is 17.6 Å². The molecule has 1 saturated carbocycles. The van der Waals surface area contributed by atoms with E-state index in [-0.39, 0.29) is 48.9 Å². The van der Waals surface area contributed by atoms with Crippen molar-refractivity contribution in [3.8, 4) is 5.75 Å². The van der Waals surface area contributed by atoms with E-state index in [1.807, 2.05) is 0 Å². The zero-order valence-corrected chi connectivity index (χ0v) is 20.9. The van der Waals surface area contributed by atoms with Gasteiger partial charge in [-0.05, 0) is 32.6 Å². The summed E-state index contributed by atoms with van der Waals surface area (Å²) in [5.74, 6) is -9.67. The van der Waals surface area contributed by atoms with Crippen LogP contribution in [0.15, 0.2) is 35.1 Å². The molecule has 0 spiro atoms. The van der Waals surface area contributed by atoms with Crippen molar-refractivity contribution >= 4 is 61.0 Å². The van der Waals surface area contributed by atoms with Gasteiger partial charge in [-0.3, -0.25) is 19.3 Å². The van der Waals surface area contributed by atoms with Gasteiger partial charge in [0.25, 0.3) is 5.91 Å². The Morgan fingerprint density at radius 3 is 2.24 bits per heavy atom. The van der Waals surface area contributed by atoms with Crippen molar-refractivity contribution in [3.05, 3.63) is 46.2 Å². The zero-order chi connectivity index (χ0) is 24.8. The van der Waals surface area contributed by atoms with Gasteiger partial charge in [-0.2, -0.15) is 0 Å². The average molecular weight is 501 g/mol. The molecule has 11 nitrogen and oxygen atoms in total. The molecule has 1 aromatic carbocycles. The second-order valence-corrected chi connectivity index (χ2v) is 9.06. The number of aromatic hydroxyl groups is 1. The first-order valence-electron chi connectivity index (χ1n) is 10.1. The van der Waals surface area contributed by atoms with Crippen molar-refractivity contribution in [2.75, 3.05) is 14.1 Å². The molecule has 0 unspecified atom stereocenters. The van der Waals surface area contributed by atoms with E-state index in [2.05, 4.69) is 0 Å². The first-order chi connectivity index (χ1) is 15.2. The third kappa shape index (κ3) is 3.12. The maximum absolute atomic E-state index is 13.7. The Balaban J connectivity index is 0.00000324. The number of phenolic OH excluding ortho intramolecular Hbond substituents is 1. The van der Waals surface area contributed by atoms with E-state index in [0.717, 1.165) is 0 Å². The number of phenols is 1. The van der Waals surface area contributed by atoms with Crippen LogP contribution in [0.2, 0.25) is 0 Å². The number of rotatable bonds is 2. The molecule has 34 heavy (non-hydrogen) atoms. The van der Waals surface area contributed by atoms with Crippen LogP contribution in [0.25, 0.3) is 5.76 Å². The SMILES string of the molecule is CN(C)[C@@H]1C(=O)C(C(N)=O)=C(O)[C@@]2(O)C(=O)C3=C(O)c4c(O)cccc4[C@@](C)(O)[C@H]3[C@H](O)[C@@H]12.[Ca+2]. The quantitative estimate of drug-likeness (QED) is 0.180. The number of amides is 1. The summed E-state index contributed by atoms with van der Waals surface area (Å²) in [6, 6.07) is 2.50. The number of hydrogen-bond donors (Lipinski definition) is 7. The molecule has 1 amide bonds. The largest absolute Gasteiger partial charge is 2.00 e. The molecule has 0 radical (unpaired) electrons. The summed E-state index contributed by atoms with van der Waals surface area (Å²) in [6.45, 7) is 1.25. The molecule has 0 heterocycles. The molecule has 0 bridgehead atoms.